The standard InChI is InChI=1S/C41H27Cl2F5N2O7/c42-40-18-25-22(14-15-24-27(25)37(54)49(36(24)53)21-12-10-20(11-13-21)35(52)19-6-2-1-3-7-19)28(23-8-4-5-9-26(23)57-17-16-51)41(40,43)39(56)50(38(40)55)34-32(47)30(45)29(44)31(46)33(34)48/h1-14,24-25,27-28,51H,15-18H2/t24-,25+,27-,28+,40+,41-/m0/s1. The van der Waals surface area contributed by atoms with Gasteiger partial charge in [-0.2, -0.15) is 0 Å². The number of ether oxygens (including phenoxy) is 1. The van der Waals surface area contributed by atoms with E-state index in [2.05, 4.69) is 0 Å². The molecular formula is C41H27Cl2F5N2O7. The fourth-order valence-electron chi connectivity index (χ4n) is 8.69. The Bertz CT molecular complexity index is 2420. The molecule has 2 aliphatic carbocycles. The van der Waals surface area contributed by atoms with Crippen LogP contribution in [0.1, 0.15) is 40.2 Å². The van der Waals surface area contributed by atoms with Crippen LogP contribution in [-0.4, -0.2) is 57.5 Å². The number of rotatable bonds is 8. The Hall–Kier alpha value is -5.44. The molecule has 1 N–H and O–H groups in total. The van der Waals surface area contributed by atoms with Crippen LogP contribution in [0.25, 0.3) is 0 Å². The second-order valence-electron chi connectivity index (χ2n) is 14.1. The van der Waals surface area contributed by atoms with Gasteiger partial charge in [-0.1, -0.05) is 60.2 Å². The number of carbonyl (C=O) groups is 5. The summed E-state index contributed by atoms with van der Waals surface area (Å²) >= 11 is 14.4. The zero-order valence-corrected chi connectivity index (χ0v) is 30.7. The maximum Gasteiger partial charge on any atom is 0.258 e. The first-order valence-corrected chi connectivity index (χ1v) is 18.3. The average molecular weight is 826 g/mol. The smallest absolute Gasteiger partial charge is 0.258 e. The Labute approximate surface area is 330 Å². The molecule has 16 heteroatoms. The van der Waals surface area contributed by atoms with Crippen LogP contribution < -0.4 is 14.5 Å². The van der Waals surface area contributed by atoms with Gasteiger partial charge < -0.3 is 9.84 Å². The molecule has 0 radical (unpaired) electrons. The molecule has 3 fully saturated rings. The van der Waals surface area contributed by atoms with Crippen molar-refractivity contribution in [3.05, 3.63) is 136 Å². The van der Waals surface area contributed by atoms with E-state index in [-0.39, 0.29) is 51.8 Å². The number of nitrogens with zero attached hydrogens (tertiary/aromatic N) is 2. The molecular weight excluding hydrogens is 798 g/mol. The first-order chi connectivity index (χ1) is 27.2. The van der Waals surface area contributed by atoms with Crippen LogP contribution in [-0.2, 0) is 19.2 Å². The second-order valence-corrected chi connectivity index (χ2v) is 15.3. The summed E-state index contributed by atoms with van der Waals surface area (Å²) < 4.78 is 79.7. The van der Waals surface area contributed by atoms with E-state index < -0.39 is 105 Å². The van der Waals surface area contributed by atoms with E-state index in [0.29, 0.717) is 5.56 Å². The normalized spacial score (nSPS) is 26.6. The summed E-state index contributed by atoms with van der Waals surface area (Å²) in [5.74, 6) is -22.2. The largest absolute Gasteiger partial charge is 0.491 e. The van der Waals surface area contributed by atoms with Crippen molar-refractivity contribution in [2.75, 3.05) is 23.0 Å². The lowest BCUT2D eigenvalue weighted by Crippen LogP contribution is -2.60. The van der Waals surface area contributed by atoms with E-state index in [4.69, 9.17) is 27.9 Å². The third kappa shape index (κ3) is 5.40. The van der Waals surface area contributed by atoms with Crippen molar-refractivity contribution in [2.24, 2.45) is 17.8 Å². The maximum atomic E-state index is 15.4. The van der Waals surface area contributed by atoms with Gasteiger partial charge in [-0.25, -0.2) is 26.9 Å². The van der Waals surface area contributed by atoms with Gasteiger partial charge in [-0.15, -0.1) is 23.2 Å². The Balaban J connectivity index is 1.25. The molecule has 8 rings (SSSR count). The Morgan fingerprint density at radius 3 is 1.98 bits per heavy atom. The molecule has 6 atom stereocenters. The van der Waals surface area contributed by atoms with Crippen LogP contribution in [0, 0.1) is 46.8 Å². The molecule has 4 amide bonds. The summed E-state index contributed by atoms with van der Waals surface area (Å²) in [7, 11) is 0. The van der Waals surface area contributed by atoms with E-state index in [1.807, 2.05) is 0 Å². The maximum absolute atomic E-state index is 15.4. The summed E-state index contributed by atoms with van der Waals surface area (Å²) in [6, 6.07) is 20.2. The predicted octanol–water partition coefficient (Wildman–Crippen LogP) is 6.75. The van der Waals surface area contributed by atoms with E-state index in [0.717, 1.165) is 4.90 Å². The van der Waals surface area contributed by atoms with Crippen molar-refractivity contribution in [1.82, 2.24) is 0 Å². The van der Waals surface area contributed by atoms with E-state index in [9.17, 15) is 42.3 Å². The molecule has 1 saturated carbocycles. The van der Waals surface area contributed by atoms with Gasteiger partial charge in [0.05, 0.1) is 24.1 Å². The van der Waals surface area contributed by atoms with Gasteiger partial charge in [0.15, 0.2) is 38.8 Å². The monoisotopic (exact) mass is 824 g/mol. The number of aliphatic hydroxyl groups is 1. The highest BCUT2D eigenvalue weighted by molar-refractivity contribution is 6.58. The van der Waals surface area contributed by atoms with E-state index in [1.165, 1.54) is 48.5 Å². The number of aliphatic hydroxyl groups excluding tert-OH is 1. The number of benzene rings is 4. The second kappa shape index (κ2) is 13.9. The lowest BCUT2D eigenvalue weighted by Gasteiger charge is -2.50. The summed E-state index contributed by atoms with van der Waals surface area (Å²) in [5.41, 5.74) is -0.738. The number of alkyl halides is 2. The highest BCUT2D eigenvalue weighted by Crippen LogP contribution is 2.66. The predicted molar refractivity (Wildman–Crippen MR) is 194 cm³/mol. The van der Waals surface area contributed by atoms with Crippen LogP contribution in [0.2, 0.25) is 0 Å². The number of allylic oxidation sites excluding steroid dienone is 2. The molecule has 0 spiro atoms. The zero-order valence-electron chi connectivity index (χ0n) is 29.2. The van der Waals surface area contributed by atoms with E-state index >= 15 is 8.78 Å². The third-order valence-corrected chi connectivity index (χ3v) is 12.6. The number of fused-ring (bicyclic) bond motifs is 4. The first-order valence-electron chi connectivity index (χ1n) is 17.6. The van der Waals surface area contributed by atoms with Gasteiger partial charge in [-0.05, 0) is 49.1 Å². The van der Waals surface area contributed by atoms with Crippen molar-refractivity contribution in [2.45, 2.75) is 28.5 Å². The first kappa shape index (κ1) is 38.4. The number of imide groups is 2. The molecule has 4 aromatic rings. The number of hydrogen-bond donors (Lipinski definition) is 1. The van der Waals surface area contributed by atoms with Crippen molar-refractivity contribution < 1.29 is 55.8 Å². The summed E-state index contributed by atoms with van der Waals surface area (Å²) in [5, 5.41) is 9.54. The minimum Gasteiger partial charge on any atom is -0.491 e. The van der Waals surface area contributed by atoms with Gasteiger partial charge in [0.1, 0.15) is 18.0 Å². The molecule has 2 saturated heterocycles. The minimum absolute atomic E-state index is 0.0230. The summed E-state index contributed by atoms with van der Waals surface area (Å²) in [4.78, 5) is 65.9. The van der Waals surface area contributed by atoms with Gasteiger partial charge in [0.25, 0.3) is 11.8 Å². The minimum atomic E-state index is -2.74. The number of carbonyl (C=O) groups excluding carboxylic acids is 5. The topological polar surface area (TPSA) is 121 Å². The van der Waals surface area contributed by atoms with Gasteiger partial charge in [-0.3, -0.25) is 28.9 Å². The number of hydrogen-bond acceptors (Lipinski definition) is 7. The van der Waals surface area contributed by atoms with Crippen LogP contribution in [0.15, 0.2) is 90.5 Å². The van der Waals surface area contributed by atoms with Crippen LogP contribution in [0.4, 0.5) is 33.3 Å². The van der Waals surface area contributed by atoms with Crippen molar-refractivity contribution in [3.63, 3.8) is 0 Å². The molecule has 4 aliphatic rings. The van der Waals surface area contributed by atoms with Crippen molar-refractivity contribution >= 4 is 64.0 Å². The van der Waals surface area contributed by atoms with Crippen LogP contribution >= 0.6 is 23.2 Å². The van der Waals surface area contributed by atoms with Crippen molar-refractivity contribution in [1.29, 1.82) is 0 Å². The lowest BCUT2D eigenvalue weighted by atomic mass is 9.56. The molecule has 0 aromatic heterocycles. The fraction of sp³-hybridized carbons (Fsp3) is 0.244. The van der Waals surface area contributed by atoms with Crippen LogP contribution in [0.3, 0.4) is 0 Å². The Morgan fingerprint density at radius 2 is 1.33 bits per heavy atom. The molecule has 0 unspecified atom stereocenters. The number of anilines is 2. The number of ketones is 1. The van der Waals surface area contributed by atoms with Gasteiger partial charge >= 0.3 is 0 Å². The molecule has 9 nitrogen and oxygen atoms in total. The quantitative estimate of drug-likeness (QED) is 0.0397. The molecule has 292 valence electrons. The zero-order chi connectivity index (χ0) is 40.7. The molecule has 2 heterocycles. The van der Waals surface area contributed by atoms with Gasteiger partial charge in [0.2, 0.25) is 17.6 Å². The molecule has 4 aromatic carbocycles. The number of halogens is 7. The van der Waals surface area contributed by atoms with Gasteiger partial charge in [0, 0.05) is 22.6 Å². The average Bonchev–Trinajstić information content (AvgIpc) is 3.56. The highest BCUT2D eigenvalue weighted by atomic mass is 35.5. The van der Waals surface area contributed by atoms with Crippen molar-refractivity contribution in [3.8, 4) is 5.75 Å². The molecule has 2 aliphatic heterocycles. The highest BCUT2D eigenvalue weighted by Gasteiger charge is 2.77. The van der Waals surface area contributed by atoms with Crippen LogP contribution in [0.5, 0.6) is 5.75 Å². The Morgan fingerprint density at radius 1 is 0.737 bits per heavy atom. The molecule has 57 heavy (non-hydrogen) atoms. The van der Waals surface area contributed by atoms with E-state index in [1.54, 1.807) is 36.4 Å². The summed E-state index contributed by atoms with van der Waals surface area (Å²) in [6.45, 7) is -0.724. The fourth-order valence-corrected chi connectivity index (χ4v) is 9.62. The SMILES string of the molecule is O=C(c1ccccc1)c1ccc(N2C(=O)[C@H]3[C@H](CC=C4[C@H]3C[C@@]3(Cl)C(=O)N(c5c(F)c(F)c(F)c(F)c5F)C(=O)[C@@]3(Cl)[C@H]4c3ccccc3OCCO)C2=O)cc1. The third-order valence-electron chi connectivity index (χ3n) is 11.2. The number of para-hydroxylation sites is 1. The lowest BCUT2D eigenvalue weighted by molar-refractivity contribution is -0.125. The molecule has 0 bridgehead atoms. The Kier molecular flexibility index (Phi) is 9.36. The number of amides is 4. The summed E-state index contributed by atoms with van der Waals surface area (Å²) in [6.07, 6.45) is 0.800.